The van der Waals surface area contributed by atoms with Gasteiger partial charge in [0.25, 0.3) is 0 Å². The van der Waals surface area contributed by atoms with Crippen LogP contribution in [0.2, 0.25) is 0 Å². The Morgan fingerprint density at radius 1 is 1.11 bits per heavy atom. The largest absolute Gasteiger partial charge is 0.316 e. The molecule has 0 fully saturated rings. The Morgan fingerprint density at radius 3 is 1.89 bits per heavy atom. The van der Waals surface area contributed by atoms with Crippen molar-refractivity contribution in [2.45, 2.75) is 0 Å². The first-order valence-corrected chi connectivity index (χ1v) is 3.21. The van der Waals surface area contributed by atoms with E-state index in [0.717, 1.165) is 4.46 Å². The molecule has 0 aliphatic rings. The quantitative estimate of drug-likeness (QED) is 0.532. The Balaban J connectivity index is 0.000000640. The second-order valence-corrected chi connectivity index (χ2v) is 2.60. The van der Waals surface area contributed by atoms with Gasteiger partial charge in [0.1, 0.15) is 0 Å². The molecule has 1 nitrogen and oxygen atoms in total. The van der Waals surface area contributed by atoms with Crippen LogP contribution in [0.3, 0.4) is 0 Å². The predicted molar refractivity (Wildman–Crippen MR) is 43.4 cm³/mol. The molecule has 0 radical (unpaired) electrons. The van der Waals surface area contributed by atoms with Crippen molar-refractivity contribution < 1.29 is 5.11 Å². The Kier molecular flexibility index (Phi) is 4.32. The van der Waals surface area contributed by atoms with E-state index in [1.807, 2.05) is 12.1 Å². The topological polar surface area (TPSA) is 20.2 Å². The summed E-state index contributed by atoms with van der Waals surface area (Å²) >= 11 is 2.40. The molecule has 0 bridgehead atoms. The molecule has 0 amide bonds. The number of hydrogen-bond acceptors (Lipinski definition) is 1. The second kappa shape index (κ2) is 4.17. The maximum atomic E-state index is 8.75. The van der Waals surface area contributed by atoms with Crippen LogP contribution in [0.15, 0.2) is 24.3 Å². The van der Waals surface area contributed by atoms with E-state index in [0.29, 0.717) is 5.75 Å². The van der Waals surface area contributed by atoms with Gasteiger partial charge in [0, 0.05) is 0 Å². The summed E-state index contributed by atoms with van der Waals surface area (Å²) in [5.74, 6) is 0.319. The molecular weight excluding hydrogens is 191 g/mol. The normalized spacial score (nSPS) is 8.11. The van der Waals surface area contributed by atoms with Gasteiger partial charge < -0.3 is 0 Å². The summed E-state index contributed by atoms with van der Waals surface area (Å²) in [7, 11) is 0. The molecule has 0 saturated carbocycles. The van der Waals surface area contributed by atoms with Crippen LogP contribution in [-0.2, 0) is 0 Å². The molecule has 0 aliphatic carbocycles. The number of phenolic OH excluding ortho intramolecular Hbond substituents is 1. The maximum Gasteiger partial charge on any atom is 0.316 e. The van der Waals surface area contributed by atoms with E-state index in [1.165, 1.54) is 0 Å². The molecule has 1 N–H and O–H groups in total. The van der Waals surface area contributed by atoms with E-state index in [4.69, 9.17) is 5.11 Å². The molecule has 0 aliphatic heterocycles. The van der Waals surface area contributed by atoms with E-state index >= 15 is 0 Å². The van der Waals surface area contributed by atoms with Crippen molar-refractivity contribution in [2.24, 2.45) is 0 Å². The molecule has 0 spiro atoms. The van der Waals surface area contributed by atoms with Gasteiger partial charge in [-0.1, -0.05) is 0 Å². The summed E-state index contributed by atoms with van der Waals surface area (Å²) in [6.45, 7) is 0. The van der Waals surface area contributed by atoms with E-state index in [-0.39, 0.29) is 23.1 Å². The Hall–Kier alpha value is 0.306. The van der Waals surface area contributed by atoms with Gasteiger partial charge in [-0.2, -0.15) is 0 Å². The van der Waals surface area contributed by atoms with Crippen molar-refractivity contribution >= 4 is 43.5 Å². The molecule has 0 aromatic heterocycles. The second-order valence-electron chi connectivity index (χ2n) is 1.52. The van der Waals surface area contributed by atoms with Crippen molar-refractivity contribution in [3.05, 3.63) is 24.3 Å². The predicted octanol–water partition coefficient (Wildman–Crippen LogP) is -0.998. The van der Waals surface area contributed by atoms with E-state index in [1.54, 1.807) is 12.1 Å². The number of phenols is 1. The molecule has 0 atom stereocenters. The van der Waals surface area contributed by atoms with Crippen LogP contribution in [-0.4, -0.2) is 44.2 Å². The first-order valence-electron chi connectivity index (χ1n) is 2.27. The van der Waals surface area contributed by atoms with Crippen LogP contribution in [0.5, 0.6) is 5.75 Å². The number of rotatable bonds is 0. The van der Waals surface area contributed by atoms with Gasteiger partial charge in [0.2, 0.25) is 0 Å². The Morgan fingerprint density at radius 2 is 1.56 bits per heavy atom. The molecule has 3 heteroatoms. The van der Waals surface area contributed by atoms with Gasteiger partial charge in [-0.3, -0.25) is 0 Å². The summed E-state index contributed by atoms with van der Waals surface area (Å²) in [6.07, 6.45) is 0. The van der Waals surface area contributed by atoms with Crippen LogP contribution in [0, 0.1) is 0 Å². The van der Waals surface area contributed by atoms with Crippen LogP contribution in [0.25, 0.3) is 0 Å². The third-order valence-corrected chi connectivity index (χ3v) is 1.48. The smallest absolute Gasteiger partial charge is 0.316 e. The third-order valence-electron chi connectivity index (χ3n) is 0.850. The molecule has 0 heterocycles. The fraction of sp³-hybridized carbons (Fsp3) is 0. The van der Waals surface area contributed by atoms with E-state index in [9.17, 15) is 0 Å². The van der Waals surface area contributed by atoms with Gasteiger partial charge in [-0.15, -0.1) is 0 Å². The molecule has 1 aromatic rings. The van der Waals surface area contributed by atoms with Gasteiger partial charge in [0.15, 0.2) is 0 Å². The molecule has 9 heavy (non-hydrogen) atoms. The van der Waals surface area contributed by atoms with Crippen LogP contribution in [0.4, 0.5) is 0 Å². The van der Waals surface area contributed by atoms with Crippen molar-refractivity contribution in [1.82, 2.24) is 0 Å². The molecule has 0 unspecified atom stereocenters. The zero-order valence-electron chi connectivity index (χ0n) is 4.20. The summed E-state index contributed by atoms with van der Waals surface area (Å²) in [5, 5.41) is 8.75. The minimum absolute atomic E-state index is 0. The van der Waals surface area contributed by atoms with Crippen LogP contribution in [0.1, 0.15) is 0 Å². The van der Waals surface area contributed by atoms with Crippen molar-refractivity contribution in [2.75, 3.05) is 0 Å². The summed E-state index contributed by atoms with van der Waals surface area (Å²) in [4.78, 5) is 0. The van der Waals surface area contributed by atoms with E-state index in [2.05, 4.69) is 16.0 Å². The van der Waals surface area contributed by atoms with Crippen molar-refractivity contribution in [3.8, 4) is 5.75 Å². The van der Waals surface area contributed by atoms with Gasteiger partial charge in [0.05, 0.1) is 0 Å². The summed E-state index contributed by atoms with van der Waals surface area (Å²) in [5.41, 5.74) is 0. The zero-order valence-corrected chi connectivity index (χ0v) is 6.08. The zero-order chi connectivity index (χ0) is 5.98. The van der Waals surface area contributed by atoms with Gasteiger partial charge in [-0.25, -0.2) is 0 Å². The van der Waals surface area contributed by atoms with Gasteiger partial charge in [-0.05, 0) is 0 Å². The van der Waals surface area contributed by atoms with Crippen molar-refractivity contribution in [1.29, 1.82) is 0 Å². The third kappa shape index (κ3) is 3.11. The van der Waals surface area contributed by atoms with Gasteiger partial charge >= 0.3 is 78.6 Å². The number of aromatic hydroxyl groups is 1. The summed E-state index contributed by atoms with van der Waals surface area (Å²) < 4.78 is 1.11. The Labute approximate surface area is 78.4 Å². The first-order chi connectivity index (χ1) is 3.79. The molecule has 1 rings (SSSR count). The fourth-order valence-electron chi connectivity index (χ4n) is 0.453. The monoisotopic (exact) mass is 200 g/mol. The fourth-order valence-corrected chi connectivity index (χ4v) is 0.765. The minimum atomic E-state index is 0. The SMILES string of the molecule is Oc1ccc([SeH])cc1.[MgH2]. The maximum absolute atomic E-state index is 8.75. The first kappa shape index (κ1) is 9.31. The standard InChI is InChI=1S/C6H6OSe.Mg.2H/c7-5-1-3-6(8)4-2-5;;;/h1-4,7-8H;;;. The number of hydrogen-bond donors (Lipinski definition) is 1. The molecule has 46 valence electrons. The van der Waals surface area contributed by atoms with Crippen LogP contribution < -0.4 is 4.46 Å². The van der Waals surface area contributed by atoms with Crippen LogP contribution >= 0.6 is 0 Å². The molecule has 0 saturated heterocycles. The average Bonchev–Trinajstić information content (AvgIpc) is 1.77. The van der Waals surface area contributed by atoms with E-state index < -0.39 is 0 Å². The molecule has 1 aromatic carbocycles. The van der Waals surface area contributed by atoms with Crippen molar-refractivity contribution in [3.63, 3.8) is 0 Å². The Bertz CT molecular complexity index is 152. The summed E-state index contributed by atoms with van der Waals surface area (Å²) in [6, 6.07) is 7.01. The minimum Gasteiger partial charge on any atom is 0.316 e. The molecular formula is C6H8MgOSe. The number of benzene rings is 1. The average molecular weight is 199 g/mol.